The Morgan fingerprint density at radius 2 is 1.79 bits per heavy atom. The van der Waals surface area contributed by atoms with Gasteiger partial charge in [-0.05, 0) is 31.9 Å². The lowest BCUT2D eigenvalue weighted by atomic mass is 10.3. The van der Waals surface area contributed by atoms with Gasteiger partial charge in [0.2, 0.25) is 5.95 Å². The average molecular weight is 364 g/mol. The number of thiophene rings is 1. The molecule has 2 aliphatic heterocycles. The van der Waals surface area contributed by atoms with Crippen molar-refractivity contribution in [2.75, 3.05) is 43.1 Å². The molecule has 2 fully saturated rings. The summed E-state index contributed by atoms with van der Waals surface area (Å²) in [5.41, 5.74) is 6.89. The Balaban J connectivity index is 1.79. The number of nitrogens with two attached hydrogens (primary N) is 1. The lowest BCUT2D eigenvalue weighted by Crippen LogP contribution is -2.27. The van der Waals surface area contributed by atoms with Crippen LogP contribution < -0.4 is 10.6 Å². The van der Waals surface area contributed by atoms with Crippen LogP contribution in [0.1, 0.15) is 35.4 Å². The first kappa shape index (κ1) is 16.0. The number of carbonyl (C=O) groups excluding carboxylic acids is 1. The quantitative estimate of drug-likeness (QED) is 0.668. The minimum Gasteiger partial charge on any atom is -0.397 e. The van der Waals surface area contributed by atoms with Crippen molar-refractivity contribution in [2.45, 2.75) is 30.7 Å². The highest BCUT2D eigenvalue weighted by molar-refractivity contribution is 7.98. The zero-order valence-corrected chi connectivity index (χ0v) is 15.4. The molecule has 1 amide bonds. The van der Waals surface area contributed by atoms with E-state index in [0.717, 1.165) is 60.2 Å². The Morgan fingerprint density at radius 1 is 1.12 bits per heavy atom. The van der Waals surface area contributed by atoms with E-state index in [2.05, 4.69) is 4.90 Å². The minimum atomic E-state index is 0.0442. The van der Waals surface area contributed by atoms with Gasteiger partial charge in [-0.2, -0.15) is 0 Å². The molecule has 2 N–H and O–H groups in total. The highest BCUT2D eigenvalue weighted by Gasteiger charge is 2.27. The topological polar surface area (TPSA) is 75.4 Å². The van der Waals surface area contributed by atoms with Gasteiger partial charge in [0.1, 0.15) is 14.7 Å². The van der Waals surface area contributed by atoms with Crippen molar-refractivity contribution >= 4 is 50.9 Å². The predicted molar refractivity (Wildman–Crippen MR) is 100 cm³/mol. The van der Waals surface area contributed by atoms with Crippen LogP contribution in [0, 0.1) is 0 Å². The lowest BCUT2D eigenvalue weighted by molar-refractivity contribution is 0.0798. The van der Waals surface area contributed by atoms with E-state index in [0.29, 0.717) is 10.6 Å². The summed E-state index contributed by atoms with van der Waals surface area (Å²) in [7, 11) is 0. The number of aromatic nitrogens is 2. The highest BCUT2D eigenvalue weighted by atomic mass is 32.2. The van der Waals surface area contributed by atoms with Gasteiger partial charge in [-0.1, -0.05) is 0 Å². The van der Waals surface area contributed by atoms with Crippen LogP contribution in [0.25, 0.3) is 10.2 Å². The van der Waals surface area contributed by atoms with Crippen molar-refractivity contribution in [3.63, 3.8) is 0 Å². The third-order valence-electron chi connectivity index (χ3n) is 4.71. The molecule has 0 aliphatic carbocycles. The summed E-state index contributed by atoms with van der Waals surface area (Å²) in [4.78, 5) is 27.8. The molecule has 8 heteroatoms. The van der Waals surface area contributed by atoms with Gasteiger partial charge in [0.05, 0.1) is 11.1 Å². The van der Waals surface area contributed by atoms with Crippen LogP contribution in [-0.4, -0.2) is 53.2 Å². The van der Waals surface area contributed by atoms with Gasteiger partial charge in [-0.25, -0.2) is 9.97 Å². The molecule has 2 aromatic heterocycles. The van der Waals surface area contributed by atoms with Crippen molar-refractivity contribution in [2.24, 2.45) is 0 Å². The standard InChI is InChI=1S/C16H21N5OS2/c1-23-13-10-11(17)12(15(22)20-6-2-3-7-20)24-14(10)19-16(18-13)21-8-4-5-9-21/h2-9,17H2,1H3. The molecule has 4 rings (SSSR count). The smallest absolute Gasteiger partial charge is 0.266 e. The minimum absolute atomic E-state index is 0.0442. The molecule has 4 heterocycles. The predicted octanol–water partition coefficient (Wildman–Crippen LogP) is 2.83. The molecular weight excluding hydrogens is 342 g/mol. The van der Waals surface area contributed by atoms with Crippen molar-refractivity contribution < 1.29 is 4.79 Å². The molecule has 0 aromatic carbocycles. The fourth-order valence-electron chi connectivity index (χ4n) is 3.41. The molecule has 0 atom stereocenters. The van der Waals surface area contributed by atoms with E-state index in [1.807, 2.05) is 11.2 Å². The maximum absolute atomic E-state index is 12.8. The molecule has 0 spiro atoms. The third-order valence-corrected chi connectivity index (χ3v) is 6.48. The number of fused-ring (bicyclic) bond motifs is 1. The Hall–Kier alpha value is -1.54. The van der Waals surface area contributed by atoms with E-state index >= 15 is 0 Å². The van der Waals surface area contributed by atoms with Crippen LogP contribution in [-0.2, 0) is 0 Å². The summed E-state index contributed by atoms with van der Waals surface area (Å²) >= 11 is 2.98. The number of thioether (sulfide) groups is 1. The van der Waals surface area contributed by atoms with Gasteiger partial charge in [0, 0.05) is 26.2 Å². The van der Waals surface area contributed by atoms with E-state index in [-0.39, 0.29) is 5.91 Å². The Bertz CT molecular complexity index is 778. The van der Waals surface area contributed by atoms with Gasteiger partial charge < -0.3 is 15.5 Å². The first-order valence-corrected chi connectivity index (χ1v) is 10.4. The van der Waals surface area contributed by atoms with Crippen LogP contribution in [0.2, 0.25) is 0 Å². The zero-order chi connectivity index (χ0) is 16.7. The lowest BCUT2D eigenvalue weighted by Gasteiger charge is -2.15. The first-order valence-electron chi connectivity index (χ1n) is 8.37. The fourth-order valence-corrected chi connectivity index (χ4v) is 5.11. The number of carbonyl (C=O) groups is 1. The maximum Gasteiger partial charge on any atom is 0.266 e. The van der Waals surface area contributed by atoms with E-state index < -0.39 is 0 Å². The number of nitrogen functional groups attached to an aromatic ring is 1. The van der Waals surface area contributed by atoms with Crippen LogP contribution in [0.5, 0.6) is 0 Å². The fraction of sp³-hybridized carbons (Fsp3) is 0.562. The molecular formula is C16H21N5OS2. The average Bonchev–Trinajstić information content (AvgIpc) is 3.34. The molecule has 0 saturated carbocycles. The van der Waals surface area contributed by atoms with Crippen LogP contribution in [0.3, 0.4) is 0 Å². The molecule has 128 valence electrons. The number of hydrogen-bond donors (Lipinski definition) is 1. The molecule has 0 radical (unpaired) electrons. The van der Waals surface area contributed by atoms with Crippen molar-refractivity contribution in [3.05, 3.63) is 4.88 Å². The summed E-state index contributed by atoms with van der Waals surface area (Å²) in [5, 5.41) is 1.72. The van der Waals surface area contributed by atoms with Gasteiger partial charge in [-0.3, -0.25) is 4.79 Å². The summed E-state index contributed by atoms with van der Waals surface area (Å²) in [6.07, 6.45) is 6.51. The summed E-state index contributed by atoms with van der Waals surface area (Å²) in [6, 6.07) is 0. The van der Waals surface area contributed by atoms with Gasteiger partial charge >= 0.3 is 0 Å². The molecule has 0 bridgehead atoms. The Kier molecular flexibility index (Phi) is 4.26. The molecule has 2 aliphatic rings. The summed E-state index contributed by atoms with van der Waals surface area (Å²) in [5.74, 6) is 0.813. The zero-order valence-electron chi connectivity index (χ0n) is 13.7. The van der Waals surface area contributed by atoms with E-state index in [1.54, 1.807) is 11.8 Å². The Labute approximate surface area is 149 Å². The van der Waals surface area contributed by atoms with E-state index in [1.165, 1.54) is 24.2 Å². The molecule has 2 aromatic rings. The van der Waals surface area contributed by atoms with Gasteiger partial charge in [0.25, 0.3) is 5.91 Å². The second-order valence-electron chi connectivity index (χ2n) is 6.25. The largest absolute Gasteiger partial charge is 0.397 e. The summed E-state index contributed by atoms with van der Waals surface area (Å²) in [6.45, 7) is 3.65. The van der Waals surface area contributed by atoms with Gasteiger partial charge in [-0.15, -0.1) is 23.1 Å². The molecule has 0 unspecified atom stereocenters. The second kappa shape index (κ2) is 6.40. The third kappa shape index (κ3) is 2.61. The van der Waals surface area contributed by atoms with Crippen LogP contribution in [0.15, 0.2) is 5.03 Å². The number of rotatable bonds is 3. The number of anilines is 2. The number of likely N-dealkylation sites (tertiary alicyclic amines) is 1. The van der Waals surface area contributed by atoms with Gasteiger partial charge in [0.15, 0.2) is 0 Å². The molecule has 6 nitrogen and oxygen atoms in total. The van der Waals surface area contributed by atoms with Crippen molar-refractivity contribution in [1.82, 2.24) is 14.9 Å². The Morgan fingerprint density at radius 3 is 2.46 bits per heavy atom. The monoisotopic (exact) mass is 363 g/mol. The SMILES string of the molecule is CSc1nc(N2CCCC2)nc2sc(C(=O)N3CCCC3)c(N)c12. The number of amides is 1. The van der Waals surface area contributed by atoms with Crippen molar-refractivity contribution in [3.8, 4) is 0 Å². The van der Waals surface area contributed by atoms with E-state index in [9.17, 15) is 4.79 Å². The normalized spacial score (nSPS) is 18.0. The molecule has 2 saturated heterocycles. The molecule has 24 heavy (non-hydrogen) atoms. The maximum atomic E-state index is 12.8. The van der Waals surface area contributed by atoms with Crippen LogP contribution >= 0.6 is 23.1 Å². The van der Waals surface area contributed by atoms with Crippen LogP contribution in [0.4, 0.5) is 11.6 Å². The second-order valence-corrected chi connectivity index (χ2v) is 8.05. The highest BCUT2D eigenvalue weighted by Crippen LogP contribution is 2.39. The first-order chi connectivity index (χ1) is 11.7. The number of hydrogen-bond acceptors (Lipinski definition) is 7. The summed E-state index contributed by atoms with van der Waals surface area (Å²) < 4.78 is 0. The number of nitrogens with zero attached hydrogens (tertiary/aromatic N) is 4. The van der Waals surface area contributed by atoms with E-state index in [4.69, 9.17) is 15.7 Å². The van der Waals surface area contributed by atoms with Crippen molar-refractivity contribution in [1.29, 1.82) is 0 Å².